The molecule has 15 heavy (non-hydrogen) atoms. The van der Waals surface area contributed by atoms with Gasteiger partial charge in [-0.3, -0.25) is 0 Å². The monoisotopic (exact) mass is 216 g/mol. The fourth-order valence-electron chi connectivity index (χ4n) is 1.39. The van der Waals surface area contributed by atoms with Crippen molar-refractivity contribution in [3.8, 4) is 0 Å². The second-order valence-electron chi connectivity index (χ2n) is 3.19. The molecule has 0 amide bonds. The third kappa shape index (κ3) is 2.13. The van der Waals surface area contributed by atoms with Crippen LogP contribution in [0, 0.1) is 0 Å². The number of ether oxygens (including phenoxy) is 2. The van der Waals surface area contributed by atoms with Crippen molar-refractivity contribution in [2.45, 2.75) is 0 Å². The lowest BCUT2D eigenvalue weighted by molar-refractivity contribution is 0.0964. The molecule has 0 N–H and O–H groups in total. The van der Waals surface area contributed by atoms with Gasteiger partial charge in [-0.1, -0.05) is 35.5 Å². The molecule has 0 heterocycles. The average molecular weight is 216 g/mol. The van der Waals surface area contributed by atoms with Gasteiger partial charge in [0, 0.05) is 0 Å². The Balaban J connectivity index is 2.06. The van der Waals surface area contributed by atoms with E-state index < -0.39 is 0 Å². The Bertz CT molecular complexity index is 416. The van der Waals surface area contributed by atoms with Crippen LogP contribution in [0.1, 0.15) is 11.1 Å². The predicted molar refractivity (Wildman–Crippen MR) is 62.9 cm³/mol. The van der Waals surface area contributed by atoms with E-state index in [2.05, 4.69) is 30.4 Å². The van der Waals surface area contributed by atoms with Gasteiger partial charge >= 0.3 is 0 Å². The molecular formula is C12H12O2Si. The van der Waals surface area contributed by atoms with Crippen molar-refractivity contribution in [1.82, 2.24) is 0 Å². The third-order valence-electron chi connectivity index (χ3n) is 2.29. The first-order valence-corrected chi connectivity index (χ1v) is 5.78. The normalized spacial score (nSPS) is 11.3. The molecular weight excluding hydrogens is 204 g/mol. The standard InChI is InChI=1S/C12H12O2Si/c1-13-12(14-2)8-15-11-6-5-9-3-4-10(9)7-11/h3-8H,1-2H3. The van der Waals surface area contributed by atoms with E-state index in [0.717, 1.165) is 0 Å². The van der Waals surface area contributed by atoms with Crippen LogP contribution in [0.3, 0.4) is 0 Å². The Kier molecular flexibility index (Phi) is 2.92. The summed E-state index contributed by atoms with van der Waals surface area (Å²) in [4.78, 5) is 0. The Hall–Kier alpha value is -1.48. The first-order chi connectivity index (χ1) is 7.33. The predicted octanol–water partition coefficient (Wildman–Crippen LogP) is 1.59. The quantitative estimate of drug-likeness (QED) is 0.571. The summed E-state index contributed by atoms with van der Waals surface area (Å²) in [5.41, 5.74) is 4.61. The third-order valence-corrected chi connectivity index (χ3v) is 3.31. The zero-order valence-corrected chi connectivity index (χ0v) is 9.78. The number of hydrogen-bond acceptors (Lipinski definition) is 2. The smallest absolute Gasteiger partial charge is 0.270 e. The van der Waals surface area contributed by atoms with Gasteiger partial charge in [-0.15, -0.1) is 0 Å². The highest BCUT2D eigenvalue weighted by atomic mass is 28.2. The van der Waals surface area contributed by atoms with E-state index in [9.17, 15) is 0 Å². The minimum atomic E-state index is 0.576. The number of rotatable bonds is 4. The van der Waals surface area contributed by atoms with Gasteiger partial charge in [-0.2, -0.15) is 0 Å². The number of benzene rings is 1. The van der Waals surface area contributed by atoms with Crippen molar-refractivity contribution >= 4 is 26.9 Å². The first-order valence-electron chi connectivity index (χ1n) is 4.70. The van der Waals surface area contributed by atoms with E-state index in [1.165, 1.54) is 16.3 Å². The van der Waals surface area contributed by atoms with Crippen LogP contribution in [0.15, 0.2) is 29.8 Å². The Morgan fingerprint density at radius 3 is 2.40 bits per heavy atom. The highest BCUT2D eigenvalue weighted by molar-refractivity contribution is 6.58. The summed E-state index contributed by atoms with van der Waals surface area (Å²) in [6.07, 6.45) is 4.24. The van der Waals surface area contributed by atoms with Gasteiger partial charge in [0.15, 0.2) is 0 Å². The van der Waals surface area contributed by atoms with Gasteiger partial charge < -0.3 is 9.47 Å². The summed E-state index contributed by atoms with van der Waals surface area (Å²) in [5.74, 6) is 0.576. The Labute approximate surface area is 92.0 Å². The fraction of sp³-hybridized carbons (Fsp3) is 0.167. The molecule has 0 saturated carbocycles. The summed E-state index contributed by atoms with van der Waals surface area (Å²) >= 11 is 0. The van der Waals surface area contributed by atoms with Crippen molar-refractivity contribution in [1.29, 1.82) is 0 Å². The van der Waals surface area contributed by atoms with Crippen molar-refractivity contribution < 1.29 is 9.47 Å². The minimum Gasteiger partial charge on any atom is -0.469 e. The van der Waals surface area contributed by atoms with E-state index >= 15 is 0 Å². The largest absolute Gasteiger partial charge is 0.469 e. The highest BCUT2D eigenvalue weighted by Crippen LogP contribution is 2.21. The van der Waals surface area contributed by atoms with E-state index in [1.54, 1.807) is 14.2 Å². The van der Waals surface area contributed by atoms with Crippen LogP contribution < -0.4 is 5.19 Å². The molecule has 3 heteroatoms. The summed E-state index contributed by atoms with van der Waals surface area (Å²) in [6, 6.07) is 6.48. The van der Waals surface area contributed by atoms with E-state index in [4.69, 9.17) is 9.47 Å². The number of hydrogen-bond donors (Lipinski definition) is 0. The second kappa shape index (κ2) is 4.36. The van der Waals surface area contributed by atoms with Crippen molar-refractivity contribution in [2.24, 2.45) is 0 Å². The maximum absolute atomic E-state index is 5.02. The molecule has 2 radical (unpaired) electrons. The molecule has 2 rings (SSSR count). The van der Waals surface area contributed by atoms with Gasteiger partial charge in [-0.05, 0) is 16.8 Å². The van der Waals surface area contributed by atoms with Crippen LogP contribution in [0.2, 0.25) is 0 Å². The summed E-state index contributed by atoms with van der Waals surface area (Å²) in [6.45, 7) is 0. The maximum atomic E-state index is 5.02. The fourth-order valence-corrected chi connectivity index (χ4v) is 2.33. The lowest BCUT2D eigenvalue weighted by Crippen LogP contribution is -2.14. The van der Waals surface area contributed by atoms with Crippen LogP contribution >= 0.6 is 0 Å². The SMILES string of the molecule is COC(=C[Si]c1ccc2c(c1)C=C2)OC. The Morgan fingerprint density at radius 2 is 1.87 bits per heavy atom. The van der Waals surface area contributed by atoms with Gasteiger partial charge in [0.05, 0.1) is 14.2 Å². The number of methoxy groups -OCH3 is 2. The molecule has 1 aromatic carbocycles. The van der Waals surface area contributed by atoms with Gasteiger partial charge in [0.25, 0.3) is 5.95 Å². The zero-order valence-electron chi connectivity index (χ0n) is 8.78. The van der Waals surface area contributed by atoms with Crippen LogP contribution in [-0.4, -0.2) is 23.7 Å². The molecule has 0 spiro atoms. The van der Waals surface area contributed by atoms with Gasteiger partial charge in [0.1, 0.15) is 9.52 Å². The molecule has 76 valence electrons. The van der Waals surface area contributed by atoms with Crippen LogP contribution in [0.4, 0.5) is 0 Å². The molecule has 1 aliphatic carbocycles. The van der Waals surface area contributed by atoms with Crippen LogP contribution in [-0.2, 0) is 9.47 Å². The van der Waals surface area contributed by atoms with Crippen LogP contribution in [0.25, 0.3) is 12.2 Å². The van der Waals surface area contributed by atoms with E-state index in [1.807, 2.05) is 5.70 Å². The second-order valence-corrected chi connectivity index (χ2v) is 4.35. The van der Waals surface area contributed by atoms with Gasteiger partial charge in [-0.25, -0.2) is 0 Å². The maximum Gasteiger partial charge on any atom is 0.270 e. The van der Waals surface area contributed by atoms with Gasteiger partial charge in [0.2, 0.25) is 0 Å². The van der Waals surface area contributed by atoms with E-state index in [-0.39, 0.29) is 0 Å². The zero-order chi connectivity index (χ0) is 10.7. The lowest BCUT2D eigenvalue weighted by atomic mass is 9.98. The highest BCUT2D eigenvalue weighted by Gasteiger charge is 2.05. The topological polar surface area (TPSA) is 18.5 Å². The molecule has 0 aliphatic heterocycles. The average Bonchev–Trinajstić information content (AvgIpc) is 2.23. The number of fused-ring (bicyclic) bond motifs is 1. The molecule has 0 atom stereocenters. The molecule has 0 bridgehead atoms. The van der Waals surface area contributed by atoms with Crippen molar-refractivity contribution in [3.63, 3.8) is 0 Å². The molecule has 0 saturated heterocycles. The van der Waals surface area contributed by atoms with Crippen molar-refractivity contribution in [3.05, 3.63) is 41.0 Å². The molecule has 0 fully saturated rings. The molecule has 0 aromatic heterocycles. The molecule has 1 aromatic rings. The Morgan fingerprint density at radius 1 is 1.13 bits per heavy atom. The molecule has 0 unspecified atom stereocenters. The van der Waals surface area contributed by atoms with Crippen LogP contribution in [0.5, 0.6) is 0 Å². The summed E-state index contributed by atoms with van der Waals surface area (Å²) < 4.78 is 10.0. The lowest BCUT2D eigenvalue weighted by Gasteiger charge is -2.11. The first kappa shape index (κ1) is 10.0. The molecule has 2 nitrogen and oxygen atoms in total. The minimum absolute atomic E-state index is 0.576. The summed E-state index contributed by atoms with van der Waals surface area (Å²) in [7, 11) is 3.80. The van der Waals surface area contributed by atoms with E-state index in [0.29, 0.717) is 15.5 Å². The molecule has 1 aliphatic rings. The van der Waals surface area contributed by atoms with Crippen molar-refractivity contribution in [2.75, 3.05) is 14.2 Å². The summed E-state index contributed by atoms with van der Waals surface area (Å²) in [5, 5.41) is 1.30.